The fraction of sp³-hybridized carbons (Fsp3) is 0.385. The first-order chi connectivity index (χ1) is 9.42. The van der Waals surface area contributed by atoms with Gasteiger partial charge >= 0.3 is 0 Å². The maximum atomic E-state index is 4.72. The Morgan fingerprint density at radius 1 is 1.11 bits per heavy atom. The molecule has 0 unspecified atom stereocenters. The van der Waals surface area contributed by atoms with E-state index >= 15 is 0 Å². The second-order valence-corrected chi connectivity index (χ2v) is 5.86. The molecule has 3 aromatic rings. The molecule has 0 radical (unpaired) electrons. The van der Waals surface area contributed by atoms with Gasteiger partial charge in [-0.3, -0.25) is 4.98 Å². The Kier molecular flexibility index (Phi) is 2.55. The molecule has 0 atom stereocenters. The molecule has 0 saturated heterocycles. The highest BCUT2D eigenvalue weighted by molar-refractivity contribution is 7.16. The lowest BCUT2D eigenvalue weighted by molar-refractivity contribution is 0.696. The number of fused-ring (bicyclic) bond motifs is 1. The van der Waals surface area contributed by atoms with Crippen LogP contribution in [-0.4, -0.2) is 24.8 Å². The number of hydrogen-bond donors (Lipinski definition) is 0. The molecule has 4 rings (SSSR count). The van der Waals surface area contributed by atoms with Crippen molar-refractivity contribution in [2.45, 2.75) is 31.6 Å². The lowest BCUT2D eigenvalue weighted by atomic mass is 10.1. The Balaban J connectivity index is 1.80. The largest absolute Gasteiger partial charge is 0.265 e. The van der Waals surface area contributed by atoms with E-state index in [0.717, 1.165) is 16.3 Å². The maximum absolute atomic E-state index is 4.72. The molecular formula is C13H13N5S. The van der Waals surface area contributed by atoms with E-state index in [1.807, 2.05) is 16.6 Å². The second-order valence-electron chi connectivity index (χ2n) is 4.88. The van der Waals surface area contributed by atoms with Crippen LogP contribution in [-0.2, 0) is 0 Å². The van der Waals surface area contributed by atoms with E-state index in [1.54, 1.807) is 23.7 Å². The van der Waals surface area contributed by atoms with Crippen molar-refractivity contribution in [2.24, 2.45) is 0 Å². The topological polar surface area (TPSA) is 56.0 Å². The van der Waals surface area contributed by atoms with Crippen molar-refractivity contribution < 1.29 is 0 Å². The number of rotatable bonds is 2. The molecule has 0 aromatic carbocycles. The SMILES string of the molecule is c1cc(-c2nnc3sc(C4CCCC4)nn23)ccn1. The molecular weight excluding hydrogens is 258 g/mol. The zero-order chi connectivity index (χ0) is 12.7. The van der Waals surface area contributed by atoms with Crippen LogP contribution in [0.2, 0.25) is 0 Å². The molecule has 0 spiro atoms. The Morgan fingerprint density at radius 2 is 1.89 bits per heavy atom. The Hall–Kier alpha value is -1.82. The van der Waals surface area contributed by atoms with Crippen LogP contribution in [0.5, 0.6) is 0 Å². The van der Waals surface area contributed by atoms with Gasteiger partial charge in [0.25, 0.3) is 0 Å². The van der Waals surface area contributed by atoms with Crippen LogP contribution in [0.4, 0.5) is 0 Å². The van der Waals surface area contributed by atoms with E-state index in [4.69, 9.17) is 5.10 Å². The van der Waals surface area contributed by atoms with Crippen LogP contribution in [0.25, 0.3) is 16.3 Å². The first kappa shape index (κ1) is 11.0. The smallest absolute Gasteiger partial charge is 0.234 e. The summed E-state index contributed by atoms with van der Waals surface area (Å²) in [7, 11) is 0. The molecule has 3 heterocycles. The Bertz CT molecular complexity index is 696. The molecule has 96 valence electrons. The van der Waals surface area contributed by atoms with Crippen molar-refractivity contribution >= 4 is 16.3 Å². The van der Waals surface area contributed by atoms with Gasteiger partial charge < -0.3 is 0 Å². The monoisotopic (exact) mass is 271 g/mol. The van der Waals surface area contributed by atoms with Gasteiger partial charge in [-0.25, -0.2) is 0 Å². The number of pyridine rings is 1. The van der Waals surface area contributed by atoms with Crippen LogP contribution in [0.3, 0.4) is 0 Å². The van der Waals surface area contributed by atoms with E-state index < -0.39 is 0 Å². The van der Waals surface area contributed by atoms with E-state index in [9.17, 15) is 0 Å². The molecule has 0 aliphatic heterocycles. The summed E-state index contributed by atoms with van der Waals surface area (Å²) in [5.74, 6) is 1.43. The Labute approximate surface area is 114 Å². The molecule has 3 aromatic heterocycles. The first-order valence-corrected chi connectivity index (χ1v) is 7.36. The maximum Gasteiger partial charge on any atom is 0.234 e. The third kappa shape index (κ3) is 1.83. The van der Waals surface area contributed by atoms with E-state index in [0.29, 0.717) is 5.92 Å². The molecule has 5 nitrogen and oxygen atoms in total. The van der Waals surface area contributed by atoms with E-state index in [-0.39, 0.29) is 0 Å². The van der Waals surface area contributed by atoms with Gasteiger partial charge in [0.2, 0.25) is 4.96 Å². The second kappa shape index (κ2) is 4.38. The summed E-state index contributed by atoms with van der Waals surface area (Å²) in [6.07, 6.45) is 8.69. The van der Waals surface area contributed by atoms with Gasteiger partial charge in [-0.1, -0.05) is 24.2 Å². The van der Waals surface area contributed by atoms with Gasteiger partial charge in [-0.2, -0.15) is 9.61 Å². The lowest BCUT2D eigenvalue weighted by Crippen LogP contribution is -1.95. The van der Waals surface area contributed by atoms with Crippen molar-refractivity contribution in [3.63, 3.8) is 0 Å². The first-order valence-electron chi connectivity index (χ1n) is 6.54. The zero-order valence-electron chi connectivity index (χ0n) is 10.4. The Morgan fingerprint density at radius 3 is 2.68 bits per heavy atom. The minimum Gasteiger partial charge on any atom is -0.265 e. The van der Waals surface area contributed by atoms with Gasteiger partial charge in [-0.05, 0) is 25.0 Å². The molecule has 1 fully saturated rings. The highest BCUT2D eigenvalue weighted by Gasteiger charge is 2.22. The molecule has 19 heavy (non-hydrogen) atoms. The highest BCUT2D eigenvalue weighted by atomic mass is 32.1. The van der Waals surface area contributed by atoms with Crippen LogP contribution >= 0.6 is 11.3 Å². The molecule has 0 N–H and O–H groups in total. The van der Waals surface area contributed by atoms with Gasteiger partial charge in [0, 0.05) is 23.9 Å². The van der Waals surface area contributed by atoms with Crippen molar-refractivity contribution in [1.29, 1.82) is 0 Å². The van der Waals surface area contributed by atoms with Gasteiger partial charge in [0.15, 0.2) is 5.82 Å². The lowest BCUT2D eigenvalue weighted by Gasteiger charge is -2.01. The van der Waals surface area contributed by atoms with Crippen molar-refractivity contribution in [3.8, 4) is 11.4 Å². The van der Waals surface area contributed by atoms with Crippen LogP contribution in [0, 0.1) is 0 Å². The van der Waals surface area contributed by atoms with Crippen molar-refractivity contribution in [2.75, 3.05) is 0 Å². The van der Waals surface area contributed by atoms with Crippen LogP contribution < -0.4 is 0 Å². The summed E-state index contributed by atoms with van der Waals surface area (Å²) < 4.78 is 1.87. The summed E-state index contributed by atoms with van der Waals surface area (Å²) in [5, 5.41) is 14.4. The minimum atomic E-state index is 0.622. The van der Waals surface area contributed by atoms with E-state index in [1.165, 1.54) is 30.7 Å². The van der Waals surface area contributed by atoms with Gasteiger partial charge in [-0.15, -0.1) is 10.2 Å². The summed E-state index contributed by atoms with van der Waals surface area (Å²) >= 11 is 1.67. The highest BCUT2D eigenvalue weighted by Crippen LogP contribution is 2.36. The number of nitrogens with zero attached hydrogens (tertiary/aromatic N) is 5. The van der Waals surface area contributed by atoms with Crippen LogP contribution in [0.1, 0.15) is 36.6 Å². The third-order valence-electron chi connectivity index (χ3n) is 3.65. The molecule has 0 amide bonds. The standard InChI is InChI=1S/C13H13N5S/c1-2-4-10(3-1)12-17-18-11(15-16-13(18)19-12)9-5-7-14-8-6-9/h5-8,10H,1-4H2. The molecule has 1 aliphatic carbocycles. The molecule has 1 aliphatic rings. The molecule has 6 heteroatoms. The number of hydrogen-bond acceptors (Lipinski definition) is 5. The predicted molar refractivity (Wildman–Crippen MR) is 73.1 cm³/mol. The average Bonchev–Trinajstić information content (AvgIpc) is 3.15. The summed E-state index contributed by atoms with van der Waals surface area (Å²) in [4.78, 5) is 4.91. The van der Waals surface area contributed by atoms with Crippen molar-refractivity contribution in [3.05, 3.63) is 29.5 Å². The third-order valence-corrected chi connectivity index (χ3v) is 4.71. The summed E-state index contributed by atoms with van der Waals surface area (Å²) in [6, 6.07) is 3.87. The minimum absolute atomic E-state index is 0.622. The zero-order valence-corrected chi connectivity index (χ0v) is 11.2. The average molecular weight is 271 g/mol. The fourth-order valence-electron chi connectivity index (χ4n) is 2.65. The van der Waals surface area contributed by atoms with Crippen molar-refractivity contribution in [1.82, 2.24) is 24.8 Å². The number of aromatic nitrogens is 5. The van der Waals surface area contributed by atoms with E-state index in [2.05, 4.69) is 15.2 Å². The predicted octanol–water partition coefficient (Wildman–Crippen LogP) is 2.91. The quantitative estimate of drug-likeness (QED) is 0.719. The summed E-state index contributed by atoms with van der Waals surface area (Å²) in [6.45, 7) is 0. The van der Waals surface area contributed by atoms with Crippen LogP contribution in [0.15, 0.2) is 24.5 Å². The normalized spacial score (nSPS) is 16.4. The van der Waals surface area contributed by atoms with Gasteiger partial charge in [0.1, 0.15) is 5.01 Å². The fourth-order valence-corrected chi connectivity index (χ4v) is 3.66. The molecule has 1 saturated carbocycles. The van der Waals surface area contributed by atoms with Gasteiger partial charge in [0.05, 0.1) is 0 Å². The molecule has 0 bridgehead atoms. The summed E-state index contributed by atoms with van der Waals surface area (Å²) in [5.41, 5.74) is 1.01.